The molecule has 0 aliphatic carbocycles. The third-order valence-corrected chi connectivity index (χ3v) is 5.02. The van der Waals surface area contributed by atoms with Gasteiger partial charge in [-0.05, 0) is 36.1 Å². The predicted molar refractivity (Wildman–Crippen MR) is 105 cm³/mol. The Labute approximate surface area is 164 Å². The molecule has 0 radical (unpaired) electrons. The van der Waals surface area contributed by atoms with Gasteiger partial charge in [0.15, 0.2) is 5.76 Å². The summed E-state index contributed by atoms with van der Waals surface area (Å²) in [6.07, 6.45) is 2.99. The number of hydrogen-bond donors (Lipinski definition) is 1. The highest BCUT2D eigenvalue weighted by molar-refractivity contribution is 6.39. The van der Waals surface area contributed by atoms with Crippen LogP contribution in [-0.2, 0) is 22.4 Å². The highest BCUT2D eigenvalue weighted by Gasteiger charge is 2.29. The Morgan fingerprint density at radius 1 is 0.929 bits per heavy atom. The maximum absolute atomic E-state index is 12.6. The van der Waals surface area contributed by atoms with Gasteiger partial charge in [0.25, 0.3) is 5.91 Å². The molecule has 1 aliphatic heterocycles. The smallest absolute Gasteiger partial charge is 0.313 e. The monoisotopic (exact) mass is 383 g/mol. The van der Waals surface area contributed by atoms with E-state index >= 15 is 0 Å². The Balaban J connectivity index is 1.61. The number of nitrogens with zero attached hydrogens (tertiary/aromatic N) is 2. The lowest BCUT2D eigenvalue weighted by Crippen LogP contribution is -2.53. The largest absolute Gasteiger partial charge is 0.459 e. The van der Waals surface area contributed by atoms with Crippen LogP contribution in [0.2, 0.25) is 0 Å². The van der Waals surface area contributed by atoms with Crippen molar-refractivity contribution in [3.63, 3.8) is 0 Å². The number of anilines is 1. The van der Waals surface area contributed by atoms with Crippen LogP contribution in [0, 0.1) is 0 Å². The first-order valence-electron chi connectivity index (χ1n) is 9.59. The summed E-state index contributed by atoms with van der Waals surface area (Å²) in [5.41, 5.74) is 2.75. The molecule has 1 aliphatic rings. The van der Waals surface area contributed by atoms with Gasteiger partial charge in [-0.15, -0.1) is 0 Å². The van der Waals surface area contributed by atoms with Crippen LogP contribution in [0.5, 0.6) is 0 Å². The Kier molecular flexibility index (Phi) is 6.13. The van der Waals surface area contributed by atoms with Crippen LogP contribution < -0.4 is 5.32 Å². The highest BCUT2D eigenvalue weighted by Crippen LogP contribution is 2.22. The van der Waals surface area contributed by atoms with Crippen LogP contribution in [0.15, 0.2) is 41.0 Å². The maximum Gasteiger partial charge on any atom is 0.313 e. The lowest BCUT2D eigenvalue weighted by molar-refractivity contribution is -0.144. The molecule has 28 heavy (non-hydrogen) atoms. The van der Waals surface area contributed by atoms with Gasteiger partial charge in [0.1, 0.15) is 0 Å². The van der Waals surface area contributed by atoms with Crippen molar-refractivity contribution in [2.24, 2.45) is 0 Å². The number of furan rings is 1. The van der Waals surface area contributed by atoms with Crippen molar-refractivity contribution in [3.05, 3.63) is 53.5 Å². The van der Waals surface area contributed by atoms with Crippen molar-refractivity contribution in [1.29, 1.82) is 0 Å². The Morgan fingerprint density at radius 3 is 2.07 bits per heavy atom. The number of aryl methyl sites for hydroxylation is 2. The van der Waals surface area contributed by atoms with Gasteiger partial charge in [0, 0.05) is 31.9 Å². The second kappa shape index (κ2) is 8.73. The average molecular weight is 383 g/mol. The first-order valence-corrected chi connectivity index (χ1v) is 9.59. The van der Waals surface area contributed by atoms with Crippen LogP contribution in [0.3, 0.4) is 0 Å². The number of hydrogen-bond acceptors (Lipinski definition) is 4. The number of para-hydroxylation sites is 1. The van der Waals surface area contributed by atoms with Crippen molar-refractivity contribution in [2.45, 2.75) is 26.7 Å². The highest BCUT2D eigenvalue weighted by atomic mass is 16.3. The van der Waals surface area contributed by atoms with E-state index < -0.39 is 11.8 Å². The molecule has 1 N–H and O–H groups in total. The Morgan fingerprint density at radius 2 is 1.54 bits per heavy atom. The van der Waals surface area contributed by atoms with Gasteiger partial charge >= 0.3 is 11.8 Å². The van der Waals surface area contributed by atoms with Gasteiger partial charge < -0.3 is 19.5 Å². The van der Waals surface area contributed by atoms with Crippen molar-refractivity contribution >= 4 is 23.4 Å². The summed E-state index contributed by atoms with van der Waals surface area (Å²) in [6, 6.07) is 9.15. The molecule has 0 bridgehead atoms. The van der Waals surface area contributed by atoms with Crippen molar-refractivity contribution in [2.75, 3.05) is 31.5 Å². The second-order valence-electron chi connectivity index (χ2n) is 6.67. The average Bonchev–Trinajstić information content (AvgIpc) is 3.27. The van der Waals surface area contributed by atoms with E-state index in [9.17, 15) is 14.4 Å². The van der Waals surface area contributed by atoms with Crippen LogP contribution >= 0.6 is 0 Å². The summed E-state index contributed by atoms with van der Waals surface area (Å²) < 4.78 is 5.14. The van der Waals surface area contributed by atoms with Gasteiger partial charge in [-0.3, -0.25) is 14.4 Å². The van der Waals surface area contributed by atoms with Crippen LogP contribution in [0.1, 0.15) is 35.5 Å². The van der Waals surface area contributed by atoms with Crippen LogP contribution in [0.4, 0.5) is 5.69 Å². The minimum atomic E-state index is -0.638. The molecule has 0 atom stereocenters. The summed E-state index contributed by atoms with van der Waals surface area (Å²) >= 11 is 0. The predicted octanol–water partition coefficient (Wildman–Crippen LogP) is 2.33. The van der Waals surface area contributed by atoms with Crippen molar-refractivity contribution in [1.82, 2.24) is 9.80 Å². The molecule has 3 amide bonds. The lowest BCUT2D eigenvalue weighted by Gasteiger charge is -2.34. The van der Waals surface area contributed by atoms with Gasteiger partial charge in [0.2, 0.25) is 0 Å². The molecule has 2 heterocycles. The molecule has 7 nitrogen and oxygen atoms in total. The van der Waals surface area contributed by atoms with Crippen molar-refractivity contribution in [3.8, 4) is 0 Å². The Bertz CT molecular complexity index is 830. The minimum absolute atomic E-state index is 0.203. The maximum atomic E-state index is 12.6. The molecule has 1 fully saturated rings. The molecule has 7 heteroatoms. The van der Waals surface area contributed by atoms with Gasteiger partial charge in [0.05, 0.1) is 6.26 Å². The normalized spacial score (nSPS) is 14.1. The fraction of sp³-hybridized carbons (Fsp3) is 0.381. The lowest BCUT2D eigenvalue weighted by atomic mass is 10.0. The summed E-state index contributed by atoms with van der Waals surface area (Å²) in [4.78, 5) is 40.6. The third kappa shape index (κ3) is 4.08. The van der Waals surface area contributed by atoms with E-state index in [0.717, 1.165) is 29.7 Å². The van der Waals surface area contributed by atoms with E-state index in [1.165, 1.54) is 11.2 Å². The first-order chi connectivity index (χ1) is 13.5. The van der Waals surface area contributed by atoms with Gasteiger partial charge in [-0.1, -0.05) is 32.0 Å². The van der Waals surface area contributed by atoms with Crippen LogP contribution in [0.25, 0.3) is 0 Å². The topological polar surface area (TPSA) is 82.9 Å². The molecule has 2 aromatic rings. The minimum Gasteiger partial charge on any atom is -0.459 e. The summed E-state index contributed by atoms with van der Waals surface area (Å²) in [5, 5.41) is 2.81. The van der Waals surface area contributed by atoms with Crippen LogP contribution in [-0.4, -0.2) is 53.7 Å². The number of amides is 3. The molecule has 1 saturated heterocycles. The summed E-state index contributed by atoms with van der Waals surface area (Å²) in [5.74, 6) is -1.13. The number of carbonyl (C=O) groups is 3. The van der Waals surface area contributed by atoms with E-state index in [1.54, 1.807) is 17.0 Å². The Hall–Kier alpha value is -3.09. The first kappa shape index (κ1) is 19.7. The number of nitrogens with one attached hydrogen (secondary N) is 1. The van der Waals surface area contributed by atoms with E-state index in [4.69, 9.17) is 4.42 Å². The zero-order valence-electron chi connectivity index (χ0n) is 16.2. The molecule has 0 unspecified atom stereocenters. The number of piperazine rings is 1. The number of benzene rings is 1. The molecule has 148 valence electrons. The molecule has 0 spiro atoms. The second-order valence-corrected chi connectivity index (χ2v) is 6.67. The SMILES string of the molecule is CCc1cccc(CC)c1NC(=O)C(=O)N1CCN(C(=O)c2ccco2)CC1. The fourth-order valence-corrected chi connectivity index (χ4v) is 3.38. The molecular formula is C21H25N3O4. The summed E-state index contributed by atoms with van der Waals surface area (Å²) in [6.45, 7) is 5.39. The van der Waals surface area contributed by atoms with E-state index in [1.807, 2.05) is 32.0 Å². The van der Waals surface area contributed by atoms with Crippen molar-refractivity contribution < 1.29 is 18.8 Å². The molecule has 3 rings (SSSR count). The van der Waals surface area contributed by atoms with Gasteiger partial charge in [-0.2, -0.15) is 0 Å². The zero-order valence-corrected chi connectivity index (χ0v) is 16.2. The molecule has 1 aromatic heterocycles. The fourth-order valence-electron chi connectivity index (χ4n) is 3.38. The zero-order chi connectivity index (χ0) is 20.1. The quantitative estimate of drug-likeness (QED) is 0.822. The molecular weight excluding hydrogens is 358 g/mol. The molecule has 0 saturated carbocycles. The number of carbonyl (C=O) groups excluding carboxylic acids is 3. The van der Waals surface area contributed by atoms with Gasteiger partial charge in [-0.25, -0.2) is 0 Å². The molecule has 1 aromatic carbocycles. The van der Waals surface area contributed by atoms with E-state index in [0.29, 0.717) is 26.2 Å². The summed E-state index contributed by atoms with van der Waals surface area (Å²) in [7, 11) is 0. The third-order valence-electron chi connectivity index (χ3n) is 5.02. The van der Waals surface area contributed by atoms with E-state index in [-0.39, 0.29) is 11.7 Å². The standard InChI is InChI=1S/C21H25N3O4/c1-3-15-7-5-8-16(4-2)18(15)22-19(25)21(27)24-12-10-23(11-13-24)20(26)17-9-6-14-28-17/h5-9,14H,3-4,10-13H2,1-2H3,(H,22,25). The van der Waals surface area contributed by atoms with E-state index in [2.05, 4.69) is 5.32 Å². The number of rotatable bonds is 4.